The lowest BCUT2D eigenvalue weighted by atomic mass is 9.98. The molecule has 23 heavy (non-hydrogen) atoms. The average molecular weight is 333 g/mol. The minimum Gasteiger partial charge on any atom is -0.494 e. The van der Waals surface area contributed by atoms with Gasteiger partial charge in [-0.1, -0.05) is 12.1 Å². The van der Waals surface area contributed by atoms with Crippen molar-refractivity contribution in [1.82, 2.24) is 4.98 Å². The minimum atomic E-state index is -2.39. The van der Waals surface area contributed by atoms with Crippen LogP contribution in [-0.2, 0) is 9.73 Å². The number of para-hydroxylation sites is 1. The molecule has 0 radical (unpaired) electrons. The fourth-order valence-corrected chi connectivity index (χ4v) is 4.60. The Bertz CT molecular complexity index is 797. The Morgan fingerprint density at radius 3 is 2.74 bits per heavy atom. The molecule has 0 saturated carbocycles. The first kappa shape index (κ1) is 16.1. The van der Waals surface area contributed by atoms with Crippen LogP contribution >= 0.6 is 0 Å². The molecule has 1 saturated heterocycles. The number of nitrogens with zero attached hydrogens (tertiary/aromatic N) is 2. The Kier molecular flexibility index (Phi) is 4.43. The molecule has 0 spiro atoms. The van der Waals surface area contributed by atoms with E-state index >= 15 is 0 Å². The smallest absolute Gasteiger partial charge is 0.145 e. The fraction of sp³-hybridized carbons (Fsp3) is 0.471. The molecule has 1 aliphatic heterocycles. The minimum absolute atomic E-state index is 0.392. The summed E-state index contributed by atoms with van der Waals surface area (Å²) >= 11 is 0. The highest BCUT2D eigenvalue weighted by atomic mass is 32.2. The molecule has 5 nitrogen and oxygen atoms in total. The second kappa shape index (κ2) is 6.35. The number of benzene rings is 1. The van der Waals surface area contributed by atoms with Crippen LogP contribution in [0.3, 0.4) is 0 Å². The Morgan fingerprint density at radius 1 is 1.35 bits per heavy atom. The van der Waals surface area contributed by atoms with E-state index in [1.54, 1.807) is 13.4 Å². The first-order chi connectivity index (χ1) is 11.0. The van der Waals surface area contributed by atoms with E-state index < -0.39 is 9.73 Å². The van der Waals surface area contributed by atoms with Gasteiger partial charge in [-0.15, -0.1) is 0 Å². The number of pyridine rings is 1. The van der Waals surface area contributed by atoms with Gasteiger partial charge < -0.3 is 9.64 Å². The summed E-state index contributed by atoms with van der Waals surface area (Å²) in [5.41, 5.74) is 2.06. The van der Waals surface area contributed by atoms with Crippen LogP contribution in [0.1, 0.15) is 12.8 Å². The number of ether oxygens (including phenoxy) is 1. The third-order valence-corrected chi connectivity index (χ3v) is 5.55. The lowest BCUT2D eigenvalue weighted by molar-refractivity contribution is 0.419. The zero-order valence-electron chi connectivity index (χ0n) is 13.6. The standard InChI is InChI=1S/C17H23N3O2S/c1-22-16-5-3-4-14-15(6-9-19-17(14)16)20-10-7-13(8-11-20)12-23(2,18)21/h3-6,9,13,18H,7-8,10-12H2,1-2H3. The van der Waals surface area contributed by atoms with Gasteiger partial charge in [0.05, 0.1) is 7.11 Å². The highest BCUT2D eigenvalue weighted by Gasteiger charge is 2.22. The number of hydrogen-bond donors (Lipinski definition) is 1. The predicted molar refractivity (Wildman–Crippen MR) is 94.9 cm³/mol. The summed E-state index contributed by atoms with van der Waals surface area (Å²) in [6, 6.07) is 8.05. The summed E-state index contributed by atoms with van der Waals surface area (Å²) in [5.74, 6) is 1.70. The van der Waals surface area contributed by atoms with E-state index in [1.165, 1.54) is 5.69 Å². The van der Waals surface area contributed by atoms with Crippen LogP contribution in [0.4, 0.5) is 5.69 Å². The van der Waals surface area contributed by atoms with Crippen LogP contribution in [-0.4, -0.2) is 41.4 Å². The lowest BCUT2D eigenvalue weighted by Crippen LogP contribution is -2.35. The van der Waals surface area contributed by atoms with Gasteiger partial charge in [0, 0.05) is 52.1 Å². The summed E-state index contributed by atoms with van der Waals surface area (Å²) in [5, 5.41) is 1.10. The van der Waals surface area contributed by atoms with Gasteiger partial charge in [0.1, 0.15) is 11.3 Å². The largest absolute Gasteiger partial charge is 0.494 e. The van der Waals surface area contributed by atoms with E-state index in [2.05, 4.69) is 22.0 Å². The summed E-state index contributed by atoms with van der Waals surface area (Å²) in [7, 11) is -0.730. The quantitative estimate of drug-likeness (QED) is 0.933. The van der Waals surface area contributed by atoms with Gasteiger partial charge in [0.25, 0.3) is 0 Å². The van der Waals surface area contributed by atoms with Crippen molar-refractivity contribution in [2.45, 2.75) is 12.8 Å². The van der Waals surface area contributed by atoms with Crippen LogP contribution < -0.4 is 9.64 Å². The van der Waals surface area contributed by atoms with Crippen molar-refractivity contribution in [3.63, 3.8) is 0 Å². The van der Waals surface area contributed by atoms with E-state index in [1.807, 2.05) is 18.3 Å². The number of nitrogens with one attached hydrogen (secondary N) is 1. The molecular weight excluding hydrogens is 310 g/mol. The van der Waals surface area contributed by atoms with Crippen molar-refractivity contribution in [1.29, 1.82) is 4.78 Å². The van der Waals surface area contributed by atoms with E-state index in [0.29, 0.717) is 11.7 Å². The van der Waals surface area contributed by atoms with Crippen LogP contribution in [0.5, 0.6) is 5.75 Å². The van der Waals surface area contributed by atoms with Gasteiger partial charge in [0.15, 0.2) is 0 Å². The van der Waals surface area contributed by atoms with Crippen molar-refractivity contribution in [2.24, 2.45) is 5.92 Å². The third kappa shape index (κ3) is 3.58. The van der Waals surface area contributed by atoms with Crippen LogP contribution in [0.15, 0.2) is 30.5 Å². The Morgan fingerprint density at radius 2 is 2.09 bits per heavy atom. The molecule has 6 heteroatoms. The van der Waals surface area contributed by atoms with Gasteiger partial charge in [-0.25, -0.2) is 0 Å². The Labute approximate surface area is 137 Å². The highest BCUT2D eigenvalue weighted by molar-refractivity contribution is 7.91. The average Bonchev–Trinajstić information content (AvgIpc) is 2.53. The summed E-state index contributed by atoms with van der Waals surface area (Å²) in [6.07, 6.45) is 5.34. The second-order valence-corrected chi connectivity index (χ2v) is 8.63. The predicted octanol–water partition coefficient (Wildman–Crippen LogP) is 3.14. The van der Waals surface area contributed by atoms with E-state index in [9.17, 15) is 4.21 Å². The monoisotopic (exact) mass is 333 g/mol. The molecule has 124 valence electrons. The fourth-order valence-electron chi connectivity index (χ4n) is 3.37. The highest BCUT2D eigenvalue weighted by Crippen LogP contribution is 2.33. The van der Waals surface area contributed by atoms with Crippen LogP contribution in [0, 0.1) is 10.7 Å². The lowest BCUT2D eigenvalue weighted by Gasteiger charge is -2.34. The molecule has 0 amide bonds. The molecular formula is C17H23N3O2S. The Balaban J connectivity index is 1.83. The van der Waals surface area contributed by atoms with Crippen LogP contribution in [0.2, 0.25) is 0 Å². The number of methoxy groups -OCH3 is 1. The van der Waals surface area contributed by atoms with Gasteiger partial charge in [-0.05, 0) is 30.9 Å². The Hall–Kier alpha value is -1.82. The molecule has 3 rings (SSSR count). The normalized spacial score (nSPS) is 18.8. The van der Waals surface area contributed by atoms with Crippen molar-refractivity contribution >= 4 is 26.3 Å². The topological polar surface area (TPSA) is 66.3 Å². The van der Waals surface area contributed by atoms with Crippen molar-refractivity contribution < 1.29 is 8.95 Å². The molecule has 1 fully saturated rings. The summed E-state index contributed by atoms with van der Waals surface area (Å²) < 4.78 is 24.7. The number of anilines is 1. The maximum Gasteiger partial charge on any atom is 0.145 e. The number of rotatable bonds is 4. The molecule has 1 aliphatic rings. The molecule has 1 unspecified atom stereocenters. The molecule has 1 aromatic heterocycles. The molecule has 0 aliphatic carbocycles. The molecule has 1 atom stereocenters. The van der Waals surface area contributed by atoms with E-state index in [-0.39, 0.29) is 0 Å². The summed E-state index contributed by atoms with van der Waals surface area (Å²) in [6.45, 7) is 1.85. The molecule has 0 bridgehead atoms. The summed E-state index contributed by atoms with van der Waals surface area (Å²) in [4.78, 5) is 6.82. The molecule has 1 N–H and O–H groups in total. The van der Waals surface area contributed by atoms with Crippen molar-refractivity contribution in [3.05, 3.63) is 30.5 Å². The van der Waals surface area contributed by atoms with E-state index in [4.69, 9.17) is 9.52 Å². The molecule has 2 heterocycles. The zero-order valence-corrected chi connectivity index (χ0v) is 14.4. The second-order valence-electron chi connectivity index (χ2n) is 6.29. The third-order valence-electron chi connectivity index (χ3n) is 4.44. The van der Waals surface area contributed by atoms with Gasteiger partial charge in [-0.3, -0.25) is 14.0 Å². The number of piperidine rings is 1. The number of fused-ring (bicyclic) bond motifs is 1. The van der Waals surface area contributed by atoms with Crippen molar-refractivity contribution in [3.8, 4) is 5.75 Å². The van der Waals surface area contributed by atoms with Crippen LogP contribution in [0.25, 0.3) is 10.9 Å². The maximum atomic E-state index is 11.7. The first-order valence-electron chi connectivity index (χ1n) is 7.86. The maximum absolute atomic E-state index is 11.7. The van der Waals surface area contributed by atoms with Gasteiger partial charge in [-0.2, -0.15) is 0 Å². The first-order valence-corrected chi connectivity index (χ1v) is 9.99. The SMILES string of the molecule is COc1cccc2c(N3CCC(CS(C)(=N)=O)CC3)ccnc12. The van der Waals surface area contributed by atoms with E-state index in [0.717, 1.165) is 42.6 Å². The van der Waals surface area contributed by atoms with Gasteiger partial charge >= 0.3 is 0 Å². The number of hydrogen-bond acceptors (Lipinski definition) is 5. The zero-order chi connectivity index (χ0) is 16.4. The number of aromatic nitrogens is 1. The van der Waals surface area contributed by atoms with Gasteiger partial charge in [0.2, 0.25) is 0 Å². The van der Waals surface area contributed by atoms with Crippen molar-refractivity contribution in [2.75, 3.05) is 37.1 Å². The molecule has 1 aromatic carbocycles. The molecule has 2 aromatic rings.